The van der Waals surface area contributed by atoms with Crippen LogP contribution in [-0.2, 0) is 6.61 Å². The number of aromatic nitrogens is 1. The van der Waals surface area contributed by atoms with E-state index in [-0.39, 0.29) is 5.91 Å². The number of benzene rings is 1. The first-order valence-corrected chi connectivity index (χ1v) is 7.84. The first-order valence-electron chi connectivity index (χ1n) is 6.96. The van der Waals surface area contributed by atoms with Crippen molar-refractivity contribution in [2.24, 2.45) is 5.92 Å². The third kappa shape index (κ3) is 4.86. The predicted molar refractivity (Wildman–Crippen MR) is 84.8 cm³/mol. The summed E-state index contributed by atoms with van der Waals surface area (Å²) in [6, 6.07) is 7.17. The second kappa shape index (κ2) is 7.22. The fourth-order valence-corrected chi connectivity index (χ4v) is 2.40. The van der Waals surface area contributed by atoms with Crippen LogP contribution in [0.5, 0.6) is 5.75 Å². The van der Waals surface area contributed by atoms with Gasteiger partial charge in [0.15, 0.2) is 0 Å². The zero-order valence-electron chi connectivity index (χ0n) is 12.6. The lowest BCUT2D eigenvalue weighted by atomic mass is 10.2. The van der Waals surface area contributed by atoms with Gasteiger partial charge in [-0.05, 0) is 37.1 Å². The Hall–Kier alpha value is -1.88. The highest BCUT2D eigenvalue weighted by Crippen LogP contribution is 2.16. The molecule has 0 aliphatic carbocycles. The topological polar surface area (TPSA) is 51.2 Å². The van der Waals surface area contributed by atoms with E-state index in [2.05, 4.69) is 24.1 Å². The van der Waals surface area contributed by atoms with Crippen molar-refractivity contribution in [3.63, 3.8) is 0 Å². The van der Waals surface area contributed by atoms with Gasteiger partial charge in [-0.3, -0.25) is 4.79 Å². The molecular weight excluding hydrogens is 284 g/mol. The van der Waals surface area contributed by atoms with E-state index < -0.39 is 0 Å². The maximum Gasteiger partial charge on any atom is 0.251 e. The van der Waals surface area contributed by atoms with Gasteiger partial charge < -0.3 is 10.1 Å². The van der Waals surface area contributed by atoms with Crippen LogP contribution in [0.15, 0.2) is 29.6 Å². The van der Waals surface area contributed by atoms with Crippen molar-refractivity contribution in [3.8, 4) is 5.75 Å². The summed E-state index contributed by atoms with van der Waals surface area (Å²) in [6.07, 6.45) is 0. The highest BCUT2D eigenvalue weighted by molar-refractivity contribution is 7.09. The maximum absolute atomic E-state index is 11.9. The third-order valence-corrected chi connectivity index (χ3v) is 3.76. The lowest BCUT2D eigenvalue weighted by molar-refractivity contribution is 0.0949. The average Bonchev–Trinajstić information content (AvgIpc) is 2.89. The molecule has 0 spiro atoms. The fraction of sp³-hybridized carbons (Fsp3) is 0.375. The molecule has 0 atom stereocenters. The largest absolute Gasteiger partial charge is 0.486 e. The fourth-order valence-electron chi connectivity index (χ4n) is 1.72. The molecule has 112 valence electrons. The number of ether oxygens (including phenoxy) is 1. The van der Waals surface area contributed by atoms with Crippen LogP contribution in [0.25, 0.3) is 0 Å². The van der Waals surface area contributed by atoms with Crippen molar-refractivity contribution in [3.05, 3.63) is 45.9 Å². The van der Waals surface area contributed by atoms with Crippen molar-refractivity contribution in [1.82, 2.24) is 10.3 Å². The smallest absolute Gasteiger partial charge is 0.251 e. The highest BCUT2D eigenvalue weighted by Gasteiger charge is 2.06. The molecule has 1 aromatic carbocycles. The van der Waals surface area contributed by atoms with Crippen LogP contribution < -0.4 is 10.1 Å². The number of thiazole rings is 1. The first-order chi connectivity index (χ1) is 10.0. The zero-order chi connectivity index (χ0) is 15.2. The van der Waals surface area contributed by atoms with E-state index in [0.29, 0.717) is 24.6 Å². The van der Waals surface area contributed by atoms with E-state index in [1.807, 2.05) is 24.4 Å². The number of hydrogen-bond acceptors (Lipinski definition) is 4. The highest BCUT2D eigenvalue weighted by atomic mass is 32.1. The van der Waals surface area contributed by atoms with E-state index >= 15 is 0 Å². The second-order valence-corrected chi connectivity index (χ2v) is 6.24. The van der Waals surface area contributed by atoms with Crippen LogP contribution >= 0.6 is 11.3 Å². The van der Waals surface area contributed by atoms with Crippen molar-refractivity contribution >= 4 is 17.2 Å². The van der Waals surface area contributed by atoms with Gasteiger partial charge in [-0.1, -0.05) is 13.8 Å². The molecule has 0 saturated carbocycles. The Kier molecular flexibility index (Phi) is 5.33. The van der Waals surface area contributed by atoms with E-state index in [0.717, 1.165) is 16.5 Å². The summed E-state index contributed by atoms with van der Waals surface area (Å²) in [5.41, 5.74) is 1.66. The van der Waals surface area contributed by atoms with E-state index in [1.165, 1.54) is 0 Å². The Bertz CT molecular complexity index is 591. The van der Waals surface area contributed by atoms with Crippen LogP contribution in [0.4, 0.5) is 0 Å². The van der Waals surface area contributed by atoms with Gasteiger partial charge in [0.2, 0.25) is 0 Å². The summed E-state index contributed by atoms with van der Waals surface area (Å²) in [6.45, 7) is 7.23. The molecule has 1 aromatic heterocycles. The Morgan fingerprint density at radius 3 is 2.62 bits per heavy atom. The third-order valence-electron chi connectivity index (χ3n) is 2.82. The summed E-state index contributed by atoms with van der Waals surface area (Å²) in [5.74, 6) is 1.13. The molecule has 1 amide bonds. The normalized spacial score (nSPS) is 10.7. The van der Waals surface area contributed by atoms with Crippen LogP contribution in [0.3, 0.4) is 0 Å². The van der Waals surface area contributed by atoms with E-state index in [1.54, 1.807) is 23.5 Å². The van der Waals surface area contributed by atoms with Gasteiger partial charge in [0, 0.05) is 23.2 Å². The number of amides is 1. The van der Waals surface area contributed by atoms with Gasteiger partial charge >= 0.3 is 0 Å². The van der Waals surface area contributed by atoms with Crippen LogP contribution in [0, 0.1) is 12.8 Å². The summed E-state index contributed by atoms with van der Waals surface area (Å²) in [4.78, 5) is 16.2. The molecule has 0 aliphatic heterocycles. The monoisotopic (exact) mass is 304 g/mol. The quantitative estimate of drug-likeness (QED) is 0.889. The molecule has 21 heavy (non-hydrogen) atoms. The number of carbonyl (C=O) groups is 1. The molecule has 1 heterocycles. The molecule has 2 aromatic rings. The standard InChI is InChI=1S/C16H20N2O2S/c1-11(2)8-17-16(19)13-4-6-14(7-5-13)20-9-15-18-12(3)10-21-15/h4-7,10-11H,8-9H2,1-3H3,(H,17,19). The number of nitrogens with one attached hydrogen (secondary N) is 1. The number of carbonyl (C=O) groups excluding carboxylic acids is 1. The van der Waals surface area contributed by atoms with Gasteiger partial charge in [-0.15, -0.1) is 11.3 Å². The summed E-state index contributed by atoms with van der Waals surface area (Å²) in [7, 11) is 0. The van der Waals surface area contributed by atoms with Gasteiger partial charge in [-0.25, -0.2) is 4.98 Å². The van der Waals surface area contributed by atoms with Crippen LogP contribution in [0.2, 0.25) is 0 Å². The number of rotatable bonds is 6. The van der Waals surface area contributed by atoms with Gasteiger partial charge in [0.05, 0.1) is 0 Å². The predicted octanol–water partition coefficient (Wildman–Crippen LogP) is 3.42. The number of aryl methyl sites for hydroxylation is 1. The zero-order valence-corrected chi connectivity index (χ0v) is 13.4. The first kappa shape index (κ1) is 15.5. The Morgan fingerprint density at radius 2 is 2.05 bits per heavy atom. The molecular formula is C16H20N2O2S. The lowest BCUT2D eigenvalue weighted by Gasteiger charge is -2.08. The Balaban J connectivity index is 1.88. The van der Waals surface area contributed by atoms with Crippen molar-refractivity contribution in [1.29, 1.82) is 0 Å². The van der Waals surface area contributed by atoms with Gasteiger partial charge in [-0.2, -0.15) is 0 Å². The summed E-state index contributed by atoms with van der Waals surface area (Å²) >= 11 is 1.59. The molecule has 5 heteroatoms. The summed E-state index contributed by atoms with van der Waals surface area (Å²) in [5, 5.41) is 5.84. The van der Waals surface area contributed by atoms with Crippen molar-refractivity contribution in [2.45, 2.75) is 27.4 Å². The number of hydrogen-bond donors (Lipinski definition) is 1. The van der Waals surface area contributed by atoms with E-state index in [9.17, 15) is 4.79 Å². The molecule has 0 fully saturated rings. The van der Waals surface area contributed by atoms with Gasteiger partial charge in [0.1, 0.15) is 17.4 Å². The molecule has 0 radical (unpaired) electrons. The van der Waals surface area contributed by atoms with E-state index in [4.69, 9.17) is 4.74 Å². The molecule has 0 bridgehead atoms. The average molecular weight is 304 g/mol. The maximum atomic E-state index is 11.9. The minimum absolute atomic E-state index is 0.0502. The minimum atomic E-state index is -0.0502. The SMILES string of the molecule is Cc1csc(COc2ccc(C(=O)NCC(C)C)cc2)n1. The lowest BCUT2D eigenvalue weighted by Crippen LogP contribution is -2.27. The molecule has 4 nitrogen and oxygen atoms in total. The van der Waals surface area contributed by atoms with Crippen molar-refractivity contribution in [2.75, 3.05) is 6.54 Å². The van der Waals surface area contributed by atoms with Crippen molar-refractivity contribution < 1.29 is 9.53 Å². The second-order valence-electron chi connectivity index (χ2n) is 5.30. The molecule has 0 unspecified atom stereocenters. The van der Waals surface area contributed by atoms with Gasteiger partial charge in [0.25, 0.3) is 5.91 Å². The minimum Gasteiger partial charge on any atom is -0.486 e. The summed E-state index contributed by atoms with van der Waals surface area (Å²) < 4.78 is 5.65. The molecule has 1 N–H and O–H groups in total. The molecule has 0 saturated heterocycles. The number of nitrogens with zero attached hydrogens (tertiary/aromatic N) is 1. The Labute approximate surface area is 129 Å². The van der Waals surface area contributed by atoms with Crippen LogP contribution in [0.1, 0.15) is 34.9 Å². The molecule has 2 rings (SSSR count). The van der Waals surface area contributed by atoms with Crippen LogP contribution in [-0.4, -0.2) is 17.4 Å². The Morgan fingerprint density at radius 1 is 1.33 bits per heavy atom. The molecule has 0 aliphatic rings.